The molecule has 0 radical (unpaired) electrons. The molecule has 8 nitrogen and oxygen atoms in total. The summed E-state index contributed by atoms with van der Waals surface area (Å²) in [5.41, 5.74) is 6.12. The van der Waals surface area contributed by atoms with Crippen LogP contribution in [0.15, 0.2) is 16.6 Å². The fraction of sp³-hybridized carbons (Fsp3) is 0.500. The van der Waals surface area contributed by atoms with Crippen molar-refractivity contribution in [1.29, 1.82) is 0 Å². The van der Waals surface area contributed by atoms with Gasteiger partial charge in [-0.25, -0.2) is 4.79 Å². The van der Waals surface area contributed by atoms with Crippen LogP contribution in [0.1, 0.15) is 18.5 Å². The van der Waals surface area contributed by atoms with Crippen molar-refractivity contribution in [2.45, 2.75) is 19.1 Å². The van der Waals surface area contributed by atoms with Gasteiger partial charge in [0.25, 0.3) is 0 Å². The van der Waals surface area contributed by atoms with Crippen LogP contribution in [-0.2, 0) is 9.53 Å². The zero-order valence-electron chi connectivity index (χ0n) is 13.8. The highest BCUT2D eigenvalue weighted by molar-refractivity contribution is 9.10. The first-order valence-electron chi connectivity index (χ1n) is 8.01. The van der Waals surface area contributed by atoms with Gasteiger partial charge in [0.05, 0.1) is 19.2 Å². The molecule has 1 aromatic carbocycles. The number of urea groups is 1. The molecule has 2 atom stereocenters. The number of hydrogen-bond donors (Lipinski definition) is 2. The van der Waals surface area contributed by atoms with Gasteiger partial charge in [-0.15, -0.1) is 0 Å². The van der Waals surface area contributed by atoms with Crippen molar-refractivity contribution in [3.05, 3.63) is 22.2 Å². The van der Waals surface area contributed by atoms with Crippen LogP contribution in [0.4, 0.5) is 4.79 Å². The van der Waals surface area contributed by atoms with Gasteiger partial charge in [-0.1, -0.05) is 15.9 Å². The zero-order valence-corrected chi connectivity index (χ0v) is 15.4. The summed E-state index contributed by atoms with van der Waals surface area (Å²) >= 11 is 3.51. The average Bonchev–Trinajstić information content (AvgIpc) is 2.61. The molecule has 25 heavy (non-hydrogen) atoms. The third-order valence-corrected chi connectivity index (χ3v) is 4.83. The molecule has 0 bridgehead atoms. The van der Waals surface area contributed by atoms with E-state index in [4.69, 9.17) is 19.9 Å². The number of carbonyl (C=O) groups is 2. The second-order valence-electron chi connectivity index (χ2n) is 5.90. The normalized spacial score (nSPS) is 20.7. The van der Waals surface area contributed by atoms with E-state index in [1.165, 1.54) is 4.90 Å². The summed E-state index contributed by atoms with van der Waals surface area (Å²) in [5.74, 6) is 0.767. The maximum atomic E-state index is 12.5. The predicted octanol–water partition coefficient (Wildman–Crippen LogP) is 1.18. The van der Waals surface area contributed by atoms with E-state index in [0.717, 1.165) is 10.0 Å². The van der Waals surface area contributed by atoms with Crippen molar-refractivity contribution in [1.82, 2.24) is 10.2 Å². The number of benzene rings is 1. The van der Waals surface area contributed by atoms with Gasteiger partial charge in [-0.05, 0) is 24.6 Å². The van der Waals surface area contributed by atoms with Crippen molar-refractivity contribution < 1.29 is 23.8 Å². The molecule has 0 aromatic heterocycles. The molecule has 3 amide bonds. The first kappa shape index (κ1) is 17.8. The van der Waals surface area contributed by atoms with Crippen LogP contribution in [0, 0.1) is 0 Å². The number of halogens is 1. The number of ether oxygens (including phenoxy) is 3. The second kappa shape index (κ2) is 7.49. The molecule has 1 fully saturated rings. The Morgan fingerprint density at radius 3 is 2.64 bits per heavy atom. The molecule has 0 aliphatic carbocycles. The Bertz CT molecular complexity index is 684. The summed E-state index contributed by atoms with van der Waals surface area (Å²) in [6, 6.07) is 3.15. The number of nitrogens with two attached hydrogens (primary N) is 1. The van der Waals surface area contributed by atoms with E-state index in [9.17, 15) is 9.59 Å². The maximum absolute atomic E-state index is 12.5. The van der Waals surface area contributed by atoms with Crippen LogP contribution in [0.2, 0.25) is 0 Å². The van der Waals surface area contributed by atoms with Gasteiger partial charge in [-0.3, -0.25) is 4.79 Å². The first-order chi connectivity index (χ1) is 12.0. The number of rotatable bonds is 3. The van der Waals surface area contributed by atoms with Crippen LogP contribution in [0.25, 0.3) is 0 Å². The minimum atomic E-state index is -0.768. The van der Waals surface area contributed by atoms with Gasteiger partial charge in [0.1, 0.15) is 13.2 Å². The summed E-state index contributed by atoms with van der Waals surface area (Å²) in [6.07, 6.45) is -0.768. The van der Waals surface area contributed by atoms with Crippen LogP contribution in [-0.4, -0.2) is 55.9 Å². The molecule has 0 unspecified atom stereocenters. The van der Waals surface area contributed by atoms with Gasteiger partial charge in [-0.2, -0.15) is 0 Å². The number of fused-ring (bicyclic) bond motifs is 1. The van der Waals surface area contributed by atoms with Gasteiger partial charge in [0, 0.05) is 11.0 Å². The van der Waals surface area contributed by atoms with Gasteiger partial charge in [0.15, 0.2) is 17.6 Å². The van der Waals surface area contributed by atoms with Crippen molar-refractivity contribution in [2.75, 3.05) is 32.9 Å². The predicted molar refractivity (Wildman–Crippen MR) is 92.6 cm³/mol. The fourth-order valence-corrected chi connectivity index (χ4v) is 3.44. The summed E-state index contributed by atoms with van der Waals surface area (Å²) in [7, 11) is 0. The average molecular weight is 414 g/mol. The highest BCUT2D eigenvalue weighted by Crippen LogP contribution is 2.37. The van der Waals surface area contributed by atoms with Gasteiger partial charge < -0.3 is 30.2 Å². The molecule has 136 valence electrons. The lowest BCUT2D eigenvalue weighted by atomic mass is 10.1. The lowest BCUT2D eigenvalue weighted by Gasteiger charge is -2.32. The van der Waals surface area contributed by atoms with E-state index in [2.05, 4.69) is 21.2 Å². The molecular weight excluding hydrogens is 394 g/mol. The van der Waals surface area contributed by atoms with Gasteiger partial charge in [0.2, 0.25) is 5.91 Å². The highest BCUT2D eigenvalue weighted by atomic mass is 79.9. The Morgan fingerprint density at radius 1 is 1.28 bits per heavy atom. The Kier molecular flexibility index (Phi) is 5.33. The van der Waals surface area contributed by atoms with E-state index < -0.39 is 12.0 Å². The monoisotopic (exact) mass is 413 g/mol. The lowest BCUT2D eigenvalue weighted by Crippen LogP contribution is -2.53. The van der Waals surface area contributed by atoms with Crippen molar-refractivity contribution in [2.24, 2.45) is 5.73 Å². The van der Waals surface area contributed by atoms with Gasteiger partial charge >= 0.3 is 6.03 Å². The zero-order chi connectivity index (χ0) is 18.0. The maximum Gasteiger partial charge on any atom is 0.318 e. The number of hydrogen-bond acceptors (Lipinski definition) is 5. The van der Waals surface area contributed by atoms with Crippen molar-refractivity contribution in [3.8, 4) is 11.5 Å². The summed E-state index contributed by atoms with van der Waals surface area (Å²) < 4.78 is 17.2. The van der Waals surface area contributed by atoms with Crippen molar-refractivity contribution >= 4 is 27.9 Å². The van der Waals surface area contributed by atoms with Crippen molar-refractivity contribution in [3.63, 3.8) is 0 Å². The Hall–Kier alpha value is -2.00. The summed E-state index contributed by atoms with van der Waals surface area (Å²) in [4.78, 5) is 25.3. The fourth-order valence-electron chi connectivity index (χ4n) is 2.77. The van der Waals surface area contributed by atoms with Crippen LogP contribution in [0.5, 0.6) is 11.5 Å². The van der Waals surface area contributed by atoms with Crippen LogP contribution in [0.3, 0.4) is 0 Å². The third-order valence-electron chi connectivity index (χ3n) is 4.14. The summed E-state index contributed by atoms with van der Waals surface area (Å²) in [6.45, 7) is 3.73. The number of carbonyl (C=O) groups excluding carboxylic acids is 2. The minimum absolute atomic E-state index is 0.149. The molecule has 2 aliphatic rings. The van der Waals surface area contributed by atoms with E-state index in [0.29, 0.717) is 31.3 Å². The highest BCUT2D eigenvalue weighted by Gasteiger charge is 2.29. The van der Waals surface area contributed by atoms with E-state index in [1.54, 1.807) is 0 Å². The molecule has 1 aromatic rings. The Balaban J connectivity index is 1.68. The Morgan fingerprint density at radius 2 is 1.96 bits per heavy atom. The third kappa shape index (κ3) is 3.98. The molecule has 0 spiro atoms. The molecule has 0 saturated carbocycles. The largest absolute Gasteiger partial charge is 0.486 e. The second-order valence-corrected chi connectivity index (χ2v) is 6.75. The molecule has 1 saturated heterocycles. The van der Waals surface area contributed by atoms with E-state index in [-0.39, 0.29) is 25.2 Å². The Labute approximate surface area is 153 Å². The van der Waals surface area contributed by atoms with Crippen LogP contribution >= 0.6 is 15.9 Å². The van der Waals surface area contributed by atoms with E-state index >= 15 is 0 Å². The minimum Gasteiger partial charge on any atom is -0.486 e. The van der Waals surface area contributed by atoms with E-state index in [1.807, 2.05) is 19.1 Å². The summed E-state index contributed by atoms with van der Waals surface area (Å²) in [5, 5.41) is 2.93. The topological polar surface area (TPSA) is 103 Å². The smallest absolute Gasteiger partial charge is 0.318 e. The number of nitrogens with zero attached hydrogens (tertiary/aromatic N) is 1. The lowest BCUT2D eigenvalue weighted by molar-refractivity contribution is -0.133. The standard InChI is InChI=1S/C16H20BrN3O5/c1-9(10-6-12-13(7-11(10)17)25-5-4-24-12)19-16(22)20-2-3-23-14(8-20)15(18)21/h6-7,9,14H,2-5,8H2,1H3,(H2,18,21)(H,19,22)/t9-,14-/m1/s1. The molecule has 2 aliphatic heterocycles. The molecule has 9 heteroatoms. The molecule has 3 N–H and O–H groups in total. The number of primary amides is 1. The number of nitrogens with one attached hydrogen (secondary N) is 1. The molecular formula is C16H20BrN3O5. The number of amides is 3. The molecule has 3 rings (SSSR count). The van der Waals surface area contributed by atoms with Crippen LogP contribution < -0.4 is 20.5 Å². The quantitative estimate of drug-likeness (QED) is 0.773. The first-order valence-corrected chi connectivity index (χ1v) is 8.80. The molecule has 2 heterocycles. The number of morpholine rings is 1. The SMILES string of the molecule is C[C@@H](NC(=O)N1CCO[C@@H](C(N)=O)C1)c1cc2c(cc1Br)OCCO2.